The summed E-state index contributed by atoms with van der Waals surface area (Å²) in [6.45, 7) is 4.48. The smallest absolute Gasteiger partial charge is 0.242 e. The molecule has 2 aliphatic rings. The zero-order valence-electron chi connectivity index (χ0n) is 11.4. The molecule has 1 atom stereocenters. The van der Waals surface area contributed by atoms with Crippen molar-refractivity contribution < 1.29 is 4.74 Å². The van der Waals surface area contributed by atoms with Crippen molar-refractivity contribution in [1.29, 1.82) is 0 Å². The molecule has 0 amide bonds. The molecule has 6 nitrogen and oxygen atoms in total. The van der Waals surface area contributed by atoms with Gasteiger partial charge in [0.15, 0.2) is 5.82 Å². The summed E-state index contributed by atoms with van der Waals surface area (Å²) in [7, 11) is 1.58. The Morgan fingerprint density at radius 2 is 2.05 bits per heavy atom. The fourth-order valence-electron chi connectivity index (χ4n) is 3.12. The fraction of sp³-hybridized carbons (Fsp3) is 0.692. The van der Waals surface area contributed by atoms with Gasteiger partial charge in [-0.05, 0) is 32.4 Å². The van der Waals surface area contributed by atoms with Crippen molar-refractivity contribution in [2.75, 3.05) is 43.9 Å². The number of hydrogen-bond acceptors (Lipinski definition) is 6. The molecule has 0 aromatic carbocycles. The number of ether oxygens (including phenoxy) is 1. The van der Waals surface area contributed by atoms with Gasteiger partial charge in [0.25, 0.3) is 0 Å². The lowest BCUT2D eigenvalue weighted by molar-refractivity contribution is 0.260. The van der Waals surface area contributed by atoms with E-state index in [1.807, 2.05) is 0 Å². The normalized spacial score (nSPS) is 24.1. The van der Waals surface area contributed by atoms with E-state index in [9.17, 15) is 0 Å². The standard InChI is InChI=1S/C13H21N5O/c1-19-13-11(14)12(15-9-16-13)18-7-4-10(8-18)17-5-2-3-6-17/h9-10H,2-8,14H2,1H3. The van der Waals surface area contributed by atoms with Gasteiger partial charge >= 0.3 is 0 Å². The monoisotopic (exact) mass is 263 g/mol. The second kappa shape index (κ2) is 5.21. The summed E-state index contributed by atoms with van der Waals surface area (Å²) in [5.41, 5.74) is 6.62. The molecule has 2 fully saturated rings. The zero-order chi connectivity index (χ0) is 13.2. The minimum Gasteiger partial charge on any atom is -0.479 e. The van der Waals surface area contributed by atoms with Crippen molar-refractivity contribution in [3.05, 3.63) is 6.33 Å². The Kier molecular flexibility index (Phi) is 3.42. The second-order valence-electron chi connectivity index (χ2n) is 5.25. The minimum absolute atomic E-state index is 0.467. The Morgan fingerprint density at radius 3 is 2.79 bits per heavy atom. The van der Waals surface area contributed by atoms with Crippen molar-refractivity contribution in [2.24, 2.45) is 0 Å². The average Bonchev–Trinajstić information content (AvgIpc) is 3.09. The molecule has 104 valence electrons. The highest BCUT2D eigenvalue weighted by molar-refractivity contribution is 5.68. The molecule has 1 unspecified atom stereocenters. The van der Waals surface area contributed by atoms with Crippen LogP contribution in [-0.4, -0.2) is 54.2 Å². The molecule has 2 N–H and O–H groups in total. The molecule has 0 aliphatic carbocycles. The van der Waals surface area contributed by atoms with Gasteiger partial charge in [0, 0.05) is 19.1 Å². The minimum atomic E-state index is 0.467. The summed E-state index contributed by atoms with van der Waals surface area (Å²) >= 11 is 0. The number of nitrogens with zero attached hydrogens (tertiary/aromatic N) is 4. The number of methoxy groups -OCH3 is 1. The van der Waals surface area contributed by atoms with E-state index in [1.54, 1.807) is 7.11 Å². The first-order valence-corrected chi connectivity index (χ1v) is 6.93. The van der Waals surface area contributed by atoms with Crippen molar-refractivity contribution in [2.45, 2.75) is 25.3 Å². The molecule has 1 aromatic rings. The molecule has 1 aromatic heterocycles. The number of aromatic nitrogens is 2. The van der Waals surface area contributed by atoms with E-state index in [0.717, 1.165) is 18.9 Å². The average molecular weight is 263 g/mol. The van der Waals surface area contributed by atoms with E-state index in [2.05, 4.69) is 19.8 Å². The molecule has 0 saturated carbocycles. The van der Waals surface area contributed by atoms with Gasteiger partial charge in [0.2, 0.25) is 5.88 Å². The van der Waals surface area contributed by atoms with Crippen LogP contribution in [0.3, 0.4) is 0 Å². The van der Waals surface area contributed by atoms with Crippen LogP contribution in [0.25, 0.3) is 0 Å². The summed E-state index contributed by atoms with van der Waals surface area (Å²) in [5, 5.41) is 0. The summed E-state index contributed by atoms with van der Waals surface area (Å²) in [4.78, 5) is 13.2. The molecular weight excluding hydrogens is 242 g/mol. The third-order valence-corrected chi connectivity index (χ3v) is 4.14. The number of likely N-dealkylation sites (tertiary alicyclic amines) is 1. The number of rotatable bonds is 3. The third kappa shape index (κ3) is 2.32. The number of anilines is 2. The largest absolute Gasteiger partial charge is 0.479 e. The topological polar surface area (TPSA) is 67.5 Å². The van der Waals surface area contributed by atoms with Crippen molar-refractivity contribution in [1.82, 2.24) is 14.9 Å². The lowest BCUT2D eigenvalue weighted by atomic mass is 10.2. The van der Waals surface area contributed by atoms with E-state index < -0.39 is 0 Å². The lowest BCUT2D eigenvalue weighted by Crippen LogP contribution is -2.35. The first-order valence-electron chi connectivity index (χ1n) is 6.93. The summed E-state index contributed by atoms with van der Waals surface area (Å²) < 4.78 is 5.16. The van der Waals surface area contributed by atoms with Crippen LogP contribution in [0.4, 0.5) is 11.5 Å². The van der Waals surface area contributed by atoms with Crippen LogP contribution < -0.4 is 15.4 Å². The summed E-state index contributed by atoms with van der Waals surface area (Å²) in [5.74, 6) is 1.28. The molecule has 19 heavy (non-hydrogen) atoms. The predicted octanol–water partition coefficient (Wildman–Crippen LogP) is 0.742. The van der Waals surface area contributed by atoms with Crippen molar-refractivity contribution in [3.8, 4) is 5.88 Å². The fourth-order valence-corrected chi connectivity index (χ4v) is 3.12. The maximum absolute atomic E-state index is 6.07. The molecule has 2 saturated heterocycles. The maximum atomic E-state index is 6.07. The highest BCUT2D eigenvalue weighted by Crippen LogP contribution is 2.31. The van der Waals surface area contributed by atoms with Gasteiger partial charge in [0.05, 0.1) is 7.11 Å². The Bertz CT molecular complexity index is 447. The zero-order valence-corrected chi connectivity index (χ0v) is 11.4. The molecule has 3 rings (SSSR count). The summed E-state index contributed by atoms with van der Waals surface area (Å²) in [6.07, 6.45) is 5.37. The molecule has 6 heteroatoms. The molecule has 0 spiro atoms. The van der Waals surface area contributed by atoms with Crippen LogP contribution in [0, 0.1) is 0 Å². The predicted molar refractivity (Wildman–Crippen MR) is 74.4 cm³/mol. The van der Waals surface area contributed by atoms with E-state index in [1.165, 1.54) is 38.7 Å². The maximum Gasteiger partial charge on any atom is 0.242 e. The Hall–Kier alpha value is -1.56. The van der Waals surface area contributed by atoms with Crippen LogP contribution in [0.5, 0.6) is 5.88 Å². The molecule has 3 heterocycles. The van der Waals surface area contributed by atoms with Crippen LogP contribution in [0.1, 0.15) is 19.3 Å². The van der Waals surface area contributed by atoms with Crippen LogP contribution >= 0.6 is 0 Å². The Labute approximate surface area is 113 Å². The first kappa shape index (κ1) is 12.5. The summed E-state index contributed by atoms with van der Waals surface area (Å²) in [6, 6.07) is 0.642. The third-order valence-electron chi connectivity index (χ3n) is 4.14. The molecule has 0 bridgehead atoms. The van der Waals surface area contributed by atoms with Crippen LogP contribution in [0.15, 0.2) is 6.33 Å². The van der Waals surface area contributed by atoms with Gasteiger partial charge in [-0.1, -0.05) is 0 Å². The number of nitrogens with two attached hydrogens (primary N) is 1. The van der Waals surface area contributed by atoms with Gasteiger partial charge in [-0.3, -0.25) is 4.90 Å². The van der Waals surface area contributed by atoms with Gasteiger partial charge in [-0.25, -0.2) is 4.98 Å². The quantitative estimate of drug-likeness (QED) is 0.867. The van der Waals surface area contributed by atoms with Gasteiger partial charge in [-0.2, -0.15) is 4.98 Å². The molecule has 0 radical (unpaired) electrons. The van der Waals surface area contributed by atoms with E-state index in [-0.39, 0.29) is 0 Å². The highest BCUT2D eigenvalue weighted by Gasteiger charge is 2.31. The van der Waals surface area contributed by atoms with Crippen molar-refractivity contribution >= 4 is 11.5 Å². The van der Waals surface area contributed by atoms with E-state index in [0.29, 0.717) is 17.6 Å². The number of hydrogen-bond donors (Lipinski definition) is 1. The van der Waals surface area contributed by atoms with E-state index >= 15 is 0 Å². The molecule has 2 aliphatic heterocycles. The first-order chi connectivity index (χ1) is 9.29. The van der Waals surface area contributed by atoms with E-state index in [4.69, 9.17) is 10.5 Å². The molecular formula is C13H21N5O. The van der Waals surface area contributed by atoms with Crippen molar-refractivity contribution in [3.63, 3.8) is 0 Å². The van der Waals surface area contributed by atoms with Gasteiger partial charge < -0.3 is 15.4 Å². The lowest BCUT2D eigenvalue weighted by Gasteiger charge is -2.24. The SMILES string of the molecule is COc1ncnc(N2CCC(N3CCCC3)C2)c1N. The van der Waals surface area contributed by atoms with Gasteiger partial charge in [-0.15, -0.1) is 0 Å². The second-order valence-corrected chi connectivity index (χ2v) is 5.25. The highest BCUT2D eigenvalue weighted by atomic mass is 16.5. The number of nitrogen functional groups attached to an aromatic ring is 1. The Morgan fingerprint density at radius 1 is 1.26 bits per heavy atom. The van der Waals surface area contributed by atoms with Crippen LogP contribution in [0.2, 0.25) is 0 Å². The van der Waals surface area contributed by atoms with Gasteiger partial charge in [0.1, 0.15) is 12.0 Å². The Balaban J connectivity index is 1.73. The van der Waals surface area contributed by atoms with Crippen LogP contribution in [-0.2, 0) is 0 Å².